The van der Waals surface area contributed by atoms with Crippen LogP contribution in [0.3, 0.4) is 0 Å². The Morgan fingerprint density at radius 3 is 2.81 bits per heavy atom. The van der Waals surface area contributed by atoms with E-state index in [0.717, 1.165) is 11.1 Å². The maximum absolute atomic E-state index is 12.6. The van der Waals surface area contributed by atoms with E-state index in [2.05, 4.69) is 10.3 Å². The number of hydrogen-bond donors (Lipinski definition) is 2. The topological polar surface area (TPSA) is 79.7 Å². The molecule has 2 aromatic heterocycles. The van der Waals surface area contributed by atoms with E-state index in [-0.39, 0.29) is 12.4 Å². The molecular formula is C19H19N3O4S. The number of aromatic amines is 1. The smallest absolute Gasteiger partial charge is 0.253 e. The SMILES string of the molecule is CCNC(=S)N(Cc1ccco1)Cc1cc2cc3c(cc2[nH]c1=O)OCO3. The van der Waals surface area contributed by atoms with Crippen LogP contribution in [0.2, 0.25) is 0 Å². The number of rotatable bonds is 5. The highest BCUT2D eigenvalue weighted by atomic mass is 32.1. The van der Waals surface area contributed by atoms with Crippen molar-refractivity contribution in [3.8, 4) is 11.5 Å². The first-order chi connectivity index (χ1) is 13.1. The highest BCUT2D eigenvalue weighted by Gasteiger charge is 2.18. The van der Waals surface area contributed by atoms with Gasteiger partial charge in [-0.15, -0.1) is 0 Å². The number of nitrogens with one attached hydrogen (secondary N) is 2. The van der Waals surface area contributed by atoms with Gasteiger partial charge < -0.3 is 29.1 Å². The van der Waals surface area contributed by atoms with Gasteiger partial charge in [0.25, 0.3) is 5.56 Å². The first-order valence-corrected chi connectivity index (χ1v) is 9.05. The summed E-state index contributed by atoms with van der Waals surface area (Å²) in [6, 6.07) is 9.23. The molecule has 0 saturated carbocycles. The van der Waals surface area contributed by atoms with Crippen molar-refractivity contribution in [2.75, 3.05) is 13.3 Å². The van der Waals surface area contributed by atoms with Gasteiger partial charge >= 0.3 is 0 Å². The molecule has 0 aliphatic carbocycles. The second-order valence-corrected chi connectivity index (χ2v) is 6.57. The molecule has 0 radical (unpaired) electrons. The monoisotopic (exact) mass is 385 g/mol. The summed E-state index contributed by atoms with van der Waals surface area (Å²) in [5.74, 6) is 2.09. The third kappa shape index (κ3) is 3.61. The Balaban J connectivity index is 1.66. The van der Waals surface area contributed by atoms with Gasteiger partial charge in [-0.25, -0.2) is 0 Å². The number of ether oxygens (including phenoxy) is 2. The van der Waals surface area contributed by atoms with E-state index in [1.54, 1.807) is 12.3 Å². The van der Waals surface area contributed by atoms with E-state index < -0.39 is 0 Å². The van der Waals surface area contributed by atoms with Gasteiger partial charge in [-0.3, -0.25) is 4.79 Å². The second kappa shape index (κ2) is 7.32. The number of fused-ring (bicyclic) bond motifs is 2. The van der Waals surface area contributed by atoms with Gasteiger partial charge in [0.15, 0.2) is 16.6 Å². The predicted octanol–water partition coefficient (Wildman–Crippen LogP) is 2.75. The van der Waals surface area contributed by atoms with Gasteiger partial charge in [0.2, 0.25) is 6.79 Å². The molecule has 140 valence electrons. The molecule has 0 fully saturated rings. The third-order valence-electron chi connectivity index (χ3n) is 4.32. The standard InChI is InChI=1S/C19H19N3O4S/c1-2-20-19(27)22(10-14-4-3-5-24-14)9-13-6-12-7-16-17(26-11-25-16)8-15(12)21-18(13)23/h3-8H,2,9-11H2,1H3,(H,20,27)(H,21,23). The minimum atomic E-state index is -0.162. The predicted molar refractivity (Wildman–Crippen MR) is 105 cm³/mol. The van der Waals surface area contributed by atoms with Gasteiger partial charge in [0.1, 0.15) is 5.76 Å². The minimum absolute atomic E-state index is 0.162. The van der Waals surface area contributed by atoms with Crippen molar-refractivity contribution in [2.24, 2.45) is 0 Å². The molecule has 1 aliphatic heterocycles. The highest BCUT2D eigenvalue weighted by molar-refractivity contribution is 7.80. The van der Waals surface area contributed by atoms with Gasteiger partial charge in [0, 0.05) is 23.6 Å². The number of hydrogen-bond acceptors (Lipinski definition) is 5. The summed E-state index contributed by atoms with van der Waals surface area (Å²) in [6.07, 6.45) is 1.62. The Morgan fingerprint density at radius 1 is 1.26 bits per heavy atom. The van der Waals surface area contributed by atoms with Gasteiger partial charge in [-0.05, 0) is 43.4 Å². The van der Waals surface area contributed by atoms with Crippen LogP contribution < -0.4 is 20.3 Å². The molecule has 0 bridgehead atoms. The van der Waals surface area contributed by atoms with Crippen molar-refractivity contribution in [3.63, 3.8) is 0 Å². The summed E-state index contributed by atoms with van der Waals surface area (Å²) in [6.45, 7) is 3.69. The summed E-state index contributed by atoms with van der Waals surface area (Å²) in [7, 11) is 0. The lowest BCUT2D eigenvalue weighted by Gasteiger charge is -2.24. The lowest BCUT2D eigenvalue weighted by molar-refractivity contribution is 0.174. The average Bonchev–Trinajstić information content (AvgIpc) is 3.31. The number of H-pyrrole nitrogens is 1. The van der Waals surface area contributed by atoms with Crippen molar-refractivity contribution in [1.29, 1.82) is 0 Å². The molecule has 8 heteroatoms. The van der Waals surface area contributed by atoms with E-state index in [0.29, 0.717) is 47.3 Å². The van der Waals surface area contributed by atoms with E-state index in [9.17, 15) is 4.79 Å². The molecule has 0 amide bonds. The zero-order valence-electron chi connectivity index (χ0n) is 14.8. The Labute approximate surface area is 160 Å². The molecule has 1 aliphatic rings. The van der Waals surface area contributed by atoms with Crippen LogP contribution >= 0.6 is 12.2 Å². The van der Waals surface area contributed by atoms with E-state index in [1.807, 2.05) is 36.1 Å². The molecule has 1 aromatic carbocycles. The average molecular weight is 385 g/mol. The summed E-state index contributed by atoms with van der Waals surface area (Å²) in [4.78, 5) is 17.4. The number of furan rings is 1. The van der Waals surface area contributed by atoms with Crippen molar-refractivity contribution in [2.45, 2.75) is 20.0 Å². The van der Waals surface area contributed by atoms with Crippen LogP contribution in [0.1, 0.15) is 18.2 Å². The largest absolute Gasteiger partial charge is 0.467 e. The van der Waals surface area contributed by atoms with Gasteiger partial charge in [0.05, 0.1) is 24.9 Å². The molecular weight excluding hydrogens is 366 g/mol. The van der Waals surface area contributed by atoms with E-state index >= 15 is 0 Å². The van der Waals surface area contributed by atoms with Crippen LogP contribution in [0, 0.1) is 0 Å². The van der Waals surface area contributed by atoms with Crippen LogP contribution in [-0.4, -0.2) is 28.3 Å². The Morgan fingerprint density at radius 2 is 2.07 bits per heavy atom. The Bertz CT molecular complexity index is 1030. The Hall–Kier alpha value is -3.00. The van der Waals surface area contributed by atoms with Gasteiger partial charge in [-0.2, -0.15) is 0 Å². The molecule has 0 saturated heterocycles. The summed E-state index contributed by atoms with van der Waals surface area (Å²) >= 11 is 5.48. The summed E-state index contributed by atoms with van der Waals surface area (Å²) in [5, 5.41) is 4.58. The van der Waals surface area contributed by atoms with Crippen molar-refractivity contribution in [1.82, 2.24) is 15.2 Å². The molecule has 3 heterocycles. The zero-order valence-corrected chi connectivity index (χ0v) is 15.6. The van der Waals surface area contributed by atoms with Crippen molar-refractivity contribution < 1.29 is 13.9 Å². The molecule has 27 heavy (non-hydrogen) atoms. The fraction of sp³-hybridized carbons (Fsp3) is 0.263. The first kappa shape index (κ1) is 17.4. The maximum Gasteiger partial charge on any atom is 0.253 e. The first-order valence-electron chi connectivity index (χ1n) is 8.64. The molecule has 3 aromatic rings. The maximum atomic E-state index is 12.6. The Kier molecular flexibility index (Phi) is 4.72. The molecule has 7 nitrogen and oxygen atoms in total. The van der Waals surface area contributed by atoms with Crippen LogP contribution in [0.5, 0.6) is 11.5 Å². The quantitative estimate of drug-likeness (QED) is 0.654. The van der Waals surface area contributed by atoms with Crippen molar-refractivity contribution in [3.05, 3.63) is 58.3 Å². The van der Waals surface area contributed by atoms with Gasteiger partial charge in [-0.1, -0.05) is 0 Å². The van der Waals surface area contributed by atoms with E-state index in [1.165, 1.54) is 0 Å². The number of nitrogens with zero attached hydrogens (tertiary/aromatic N) is 1. The van der Waals surface area contributed by atoms with Crippen LogP contribution in [-0.2, 0) is 13.1 Å². The lowest BCUT2D eigenvalue weighted by atomic mass is 10.1. The molecule has 2 N–H and O–H groups in total. The van der Waals surface area contributed by atoms with Crippen molar-refractivity contribution >= 4 is 28.2 Å². The fourth-order valence-electron chi connectivity index (χ4n) is 3.02. The summed E-state index contributed by atoms with van der Waals surface area (Å²) in [5.41, 5.74) is 1.15. The third-order valence-corrected chi connectivity index (χ3v) is 4.72. The zero-order chi connectivity index (χ0) is 18.8. The number of aromatic nitrogens is 1. The molecule has 0 atom stereocenters. The summed E-state index contributed by atoms with van der Waals surface area (Å²) < 4.78 is 16.2. The van der Waals surface area contributed by atoms with Crippen LogP contribution in [0.15, 0.2) is 45.8 Å². The number of thiocarbonyl (C=S) groups is 1. The van der Waals surface area contributed by atoms with Crippen LogP contribution in [0.25, 0.3) is 10.9 Å². The molecule has 0 spiro atoms. The number of benzene rings is 1. The van der Waals surface area contributed by atoms with Crippen LogP contribution in [0.4, 0.5) is 0 Å². The van der Waals surface area contributed by atoms with E-state index in [4.69, 9.17) is 26.1 Å². The number of pyridine rings is 1. The normalized spacial score (nSPS) is 12.3. The highest BCUT2D eigenvalue weighted by Crippen LogP contribution is 2.35. The second-order valence-electron chi connectivity index (χ2n) is 6.19. The fourth-order valence-corrected chi connectivity index (χ4v) is 3.29. The minimum Gasteiger partial charge on any atom is -0.467 e. The molecule has 0 unspecified atom stereocenters. The lowest BCUT2D eigenvalue weighted by Crippen LogP contribution is -2.39. The molecule has 4 rings (SSSR count).